The average Bonchev–Trinajstić information content (AvgIpc) is 2.27. The largest absolute Gasteiger partial charge is 0.385 e. The van der Waals surface area contributed by atoms with E-state index >= 15 is 0 Å². The standard InChI is InChI=1S/C12H26N2O/c1-4-13-12-6-5-8-14(10-12)11(2)7-9-15-3/h11-13H,4-10H2,1-3H3. The molecule has 2 atom stereocenters. The first-order valence-electron chi connectivity index (χ1n) is 6.24. The minimum atomic E-state index is 0.659. The fourth-order valence-corrected chi connectivity index (χ4v) is 2.33. The van der Waals surface area contributed by atoms with Crippen molar-refractivity contribution in [3.63, 3.8) is 0 Å². The summed E-state index contributed by atoms with van der Waals surface area (Å²) < 4.78 is 5.14. The summed E-state index contributed by atoms with van der Waals surface area (Å²) in [6.45, 7) is 8.93. The zero-order valence-corrected chi connectivity index (χ0v) is 10.5. The van der Waals surface area contributed by atoms with Gasteiger partial charge in [-0.05, 0) is 39.3 Å². The van der Waals surface area contributed by atoms with Crippen LogP contribution < -0.4 is 5.32 Å². The van der Waals surface area contributed by atoms with Crippen LogP contribution in [0.4, 0.5) is 0 Å². The van der Waals surface area contributed by atoms with Gasteiger partial charge in [0, 0.05) is 32.3 Å². The zero-order valence-electron chi connectivity index (χ0n) is 10.5. The average molecular weight is 214 g/mol. The van der Waals surface area contributed by atoms with Crippen LogP contribution in [-0.2, 0) is 4.74 Å². The number of piperidine rings is 1. The fourth-order valence-electron chi connectivity index (χ4n) is 2.33. The van der Waals surface area contributed by atoms with Crippen LogP contribution in [0, 0.1) is 0 Å². The summed E-state index contributed by atoms with van der Waals surface area (Å²) in [6, 6.07) is 1.36. The van der Waals surface area contributed by atoms with Crippen molar-refractivity contribution in [2.24, 2.45) is 0 Å². The van der Waals surface area contributed by atoms with E-state index in [-0.39, 0.29) is 0 Å². The molecule has 1 aliphatic rings. The summed E-state index contributed by atoms with van der Waals surface area (Å²) in [4.78, 5) is 2.59. The topological polar surface area (TPSA) is 24.5 Å². The molecule has 2 unspecified atom stereocenters. The van der Waals surface area contributed by atoms with Gasteiger partial charge in [0.25, 0.3) is 0 Å². The highest BCUT2D eigenvalue weighted by molar-refractivity contribution is 4.80. The summed E-state index contributed by atoms with van der Waals surface area (Å²) in [5.41, 5.74) is 0. The maximum atomic E-state index is 5.14. The molecule has 1 N–H and O–H groups in total. The Balaban J connectivity index is 2.27. The molecule has 1 heterocycles. The maximum Gasteiger partial charge on any atom is 0.0477 e. The second-order valence-electron chi connectivity index (χ2n) is 4.52. The van der Waals surface area contributed by atoms with Gasteiger partial charge in [-0.1, -0.05) is 6.92 Å². The molecule has 0 aromatic heterocycles. The van der Waals surface area contributed by atoms with Crippen LogP contribution >= 0.6 is 0 Å². The molecule has 0 spiro atoms. The number of nitrogens with zero attached hydrogens (tertiary/aromatic N) is 1. The molecule has 1 rings (SSSR count). The van der Waals surface area contributed by atoms with E-state index in [0.717, 1.165) is 19.6 Å². The minimum Gasteiger partial charge on any atom is -0.385 e. The summed E-state index contributed by atoms with van der Waals surface area (Å²) in [5.74, 6) is 0. The van der Waals surface area contributed by atoms with Gasteiger partial charge in [0.05, 0.1) is 0 Å². The maximum absolute atomic E-state index is 5.14. The van der Waals surface area contributed by atoms with Crippen LogP contribution in [0.3, 0.4) is 0 Å². The summed E-state index contributed by atoms with van der Waals surface area (Å²) in [7, 11) is 1.78. The molecule has 1 fully saturated rings. The van der Waals surface area contributed by atoms with E-state index in [1.807, 2.05) is 0 Å². The molecule has 90 valence electrons. The molecule has 15 heavy (non-hydrogen) atoms. The molecule has 3 nitrogen and oxygen atoms in total. The molecular formula is C12H26N2O. The van der Waals surface area contributed by atoms with E-state index in [1.165, 1.54) is 25.9 Å². The lowest BCUT2D eigenvalue weighted by atomic mass is 10.0. The van der Waals surface area contributed by atoms with Crippen molar-refractivity contribution < 1.29 is 4.74 Å². The van der Waals surface area contributed by atoms with Crippen molar-refractivity contribution in [3.8, 4) is 0 Å². The highest BCUT2D eigenvalue weighted by Crippen LogP contribution is 2.14. The molecular weight excluding hydrogens is 188 g/mol. The Kier molecular flexibility index (Phi) is 6.22. The predicted octanol–water partition coefficient (Wildman–Crippen LogP) is 1.49. The van der Waals surface area contributed by atoms with Crippen molar-refractivity contribution in [1.82, 2.24) is 10.2 Å². The third kappa shape index (κ3) is 4.49. The molecule has 0 aromatic rings. The van der Waals surface area contributed by atoms with Crippen LogP contribution in [0.15, 0.2) is 0 Å². The third-order valence-corrected chi connectivity index (χ3v) is 3.31. The number of likely N-dealkylation sites (tertiary alicyclic amines) is 1. The van der Waals surface area contributed by atoms with E-state index in [4.69, 9.17) is 4.74 Å². The molecule has 3 heteroatoms. The van der Waals surface area contributed by atoms with Crippen molar-refractivity contribution in [2.45, 2.75) is 45.2 Å². The lowest BCUT2D eigenvalue weighted by molar-refractivity contribution is 0.109. The van der Waals surface area contributed by atoms with Crippen LogP contribution in [0.25, 0.3) is 0 Å². The zero-order chi connectivity index (χ0) is 11.1. The van der Waals surface area contributed by atoms with Crippen LogP contribution in [0.5, 0.6) is 0 Å². The Morgan fingerprint density at radius 3 is 3.00 bits per heavy atom. The van der Waals surface area contributed by atoms with Gasteiger partial charge < -0.3 is 10.1 Å². The Morgan fingerprint density at radius 2 is 2.33 bits per heavy atom. The molecule has 0 saturated carbocycles. The number of ether oxygens (including phenoxy) is 1. The minimum absolute atomic E-state index is 0.659. The summed E-state index contributed by atoms with van der Waals surface area (Å²) >= 11 is 0. The first-order chi connectivity index (χ1) is 7.27. The van der Waals surface area contributed by atoms with Crippen LogP contribution in [0.2, 0.25) is 0 Å². The molecule has 0 amide bonds. The summed E-state index contributed by atoms with van der Waals surface area (Å²) in [6.07, 6.45) is 3.81. The highest BCUT2D eigenvalue weighted by Gasteiger charge is 2.22. The summed E-state index contributed by atoms with van der Waals surface area (Å²) in [5, 5.41) is 3.55. The van der Waals surface area contributed by atoms with Crippen LogP contribution in [0.1, 0.15) is 33.1 Å². The lowest BCUT2D eigenvalue weighted by Gasteiger charge is -2.37. The molecule has 0 aromatic carbocycles. The van der Waals surface area contributed by atoms with Gasteiger partial charge in [-0.3, -0.25) is 4.90 Å². The number of hydrogen-bond acceptors (Lipinski definition) is 3. The monoisotopic (exact) mass is 214 g/mol. The first kappa shape index (κ1) is 12.9. The number of rotatable bonds is 6. The Labute approximate surface area is 94.2 Å². The smallest absolute Gasteiger partial charge is 0.0477 e. The van der Waals surface area contributed by atoms with Gasteiger partial charge in [0.1, 0.15) is 0 Å². The van der Waals surface area contributed by atoms with Crippen LogP contribution in [-0.4, -0.2) is 50.3 Å². The van der Waals surface area contributed by atoms with E-state index < -0.39 is 0 Å². The van der Waals surface area contributed by atoms with E-state index in [0.29, 0.717) is 12.1 Å². The van der Waals surface area contributed by atoms with Gasteiger partial charge in [-0.2, -0.15) is 0 Å². The molecule has 1 aliphatic heterocycles. The first-order valence-corrected chi connectivity index (χ1v) is 6.24. The van der Waals surface area contributed by atoms with Gasteiger partial charge >= 0.3 is 0 Å². The van der Waals surface area contributed by atoms with Gasteiger partial charge in [0.2, 0.25) is 0 Å². The van der Waals surface area contributed by atoms with Gasteiger partial charge in [0.15, 0.2) is 0 Å². The fraction of sp³-hybridized carbons (Fsp3) is 1.00. The quantitative estimate of drug-likeness (QED) is 0.725. The lowest BCUT2D eigenvalue weighted by Crippen LogP contribution is -2.49. The van der Waals surface area contributed by atoms with E-state index in [9.17, 15) is 0 Å². The van der Waals surface area contributed by atoms with Gasteiger partial charge in [-0.25, -0.2) is 0 Å². The number of nitrogens with one attached hydrogen (secondary N) is 1. The van der Waals surface area contributed by atoms with Crippen molar-refractivity contribution in [3.05, 3.63) is 0 Å². The predicted molar refractivity (Wildman–Crippen MR) is 64.2 cm³/mol. The number of likely N-dealkylation sites (N-methyl/N-ethyl adjacent to an activating group) is 1. The van der Waals surface area contributed by atoms with E-state index in [1.54, 1.807) is 7.11 Å². The van der Waals surface area contributed by atoms with E-state index in [2.05, 4.69) is 24.1 Å². The van der Waals surface area contributed by atoms with Crippen molar-refractivity contribution >= 4 is 0 Å². The second kappa shape index (κ2) is 7.20. The Bertz CT molecular complexity index is 162. The molecule has 1 saturated heterocycles. The highest BCUT2D eigenvalue weighted by atomic mass is 16.5. The number of hydrogen-bond donors (Lipinski definition) is 1. The molecule has 0 aliphatic carbocycles. The van der Waals surface area contributed by atoms with Crippen molar-refractivity contribution in [2.75, 3.05) is 33.4 Å². The molecule has 0 radical (unpaired) electrons. The molecule has 0 bridgehead atoms. The van der Waals surface area contributed by atoms with Gasteiger partial charge in [-0.15, -0.1) is 0 Å². The SMILES string of the molecule is CCNC1CCCN(C(C)CCOC)C1. The number of methoxy groups -OCH3 is 1. The Morgan fingerprint density at radius 1 is 1.53 bits per heavy atom. The third-order valence-electron chi connectivity index (χ3n) is 3.31. The normalized spacial score (nSPS) is 25.4. The Hall–Kier alpha value is -0.120. The van der Waals surface area contributed by atoms with Crippen molar-refractivity contribution in [1.29, 1.82) is 0 Å². The second-order valence-corrected chi connectivity index (χ2v) is 4.52.